The van der Waals surface area contributed by atoms with E-state index in [1.54, 1.807) is 0 Å². The van der Waals surface area contributed by atoms with Crippen molar-refractivity contribution in [1.82, 2.24) is 0 Å². The van der Waals surface area contributed by atoms with E-state index in [9.17, 15) is 0 Å². The fraction of sp³-hybridized carbons (Fsp3) is 0.600. The zero-order chi connectivity index (χ0) is 13.0. The van der Waals surface area contributed by atoms with Crippen LogP contribution in [0.25, 0.3) is 0 Å². The molecule has 1 aromatic carbocycles. The van der Waals surface area contributed by atoms with Crippen molar-refractivity contribution in [3.05, 3.63) is 28.2 Å². The van der Waals surface area contributed by atoms with Crippen LogP contribution in [0.3, 0.4) is 0 Å². The van der Waals surface area contributed by atoms with Gasteiger partial charge in [-0.1, -0.05) is 41.3 Å². The van der Waals surface area contributed by atoms with E-state index in [1.165, 1.54) is 37.8 Å². The lowest BCUT2D eigenvalue weighted by molar-refractivity contribution is 0.281. The Balaban J connectivity index is 1.99. The van der Waals surface area contributed by atoms with Gasteiger partial charge in [-0.3, -0.25) is 0 Å². The van der Waals surface area contributed by atoms with Crippen LogP contribution in [0.4, 0.5) is 5.69 Å². The molecule has 0 spiro atoms. The molecule has 0 unspecified atom stereocenters. The number of anilines is 1. The van der Waals surface area contributed by atoms with Crippen molar-refractivity contribution in [2.75, 3.05) is 18.5 Å². The van der Waals surface area contributed by atoms with Gasteiger partial charge in [-0.15, -0.1) is 0 Å². The third-order valence-electron chi connectivity index (χ3n) is 3.90. The standard InChI is InChI=1S/C15H22BrNO/c1-17(10-12-5-3-2-4-6-12)14-8-7-13(11-18)15(16)9-14/h7-9,12,18H,2-6,10-11H2,1H3. The highest BCUT2D eigenvalue weighted by Crippen LogP contribution is 2.28. The molecule has 18 heavy (non-hydrogen) atoms. The molecule has 1 aliphatic carbocycles. The molecule has 2 rings (SSSR count). The van der Waals surface area contributed by atoms with Gasteiger partial charge in [-0.25, -0.2) is 0 Å². The molecular weight excluding hydrogens is 290 g/mol. The lowest BCUT2D eigenvalue weighted by atomic mass is 9.89. The maximum atomic E-state index is 9.17. The molecule has 0 bridgehead atoms. The van der Waals surface area contributed by atoms with E-state index in [2.05, 4.69) is 40.0 Å². The van der Waals surface area contributed by atoms with E-state index >= 15 is 0 Å². The van der Waals surface area contributed by atoms with Crippen molar-refractivity contribution in [2.24, 2.45) is 5.92 Å². The second-order valence-corrected chi connectivity index (χ2v) is 6.17. The van der Waals surface area contributed by atoms with Crippen LogP contribution in [0, 0.1) is 5.92 Å². The first-order chi connectivity index (χ1) is 8.70. The molecule has 1 fully saturated rings. The lowest BCUT2D eigenvalue weighted by Crippen LogP contribution is -2.26. The summed E-state index contributed by atoms with van der Waals surface area (Å²) in [5.41, 5.74) is 2.18. The summed E-state index contributed by atoms with van der Waals surface area (Å²) >= 11 is 3.51. The number of hydrogen-bond donors (Lipinski definition) is 1. The molecule has 0 radical (unpaired) electrons. The smallest absolute Gasteiger partial charge is 0.0692 e. The Morgan fingerprint density at radius 3 is 2.61 bits per heavy atom. The SMILES string of the molecule is CN(CC1CCCCC1)c1ccc(CO)c(Br)c1. The molecule has 2 nitrogen and oxygen atoms in total. The third-order valence-corrected chi connectivity index (χ3v) is 4.64. The Morgan fingerprint density at radius 1 is 1.28 bits per heavy atom. The minimum absolute atomic E-state index is 0.0905. The monoisotopic (exact) mass is 311 g/mol. The summed E-state index contributed by atoms with van der Waals surface area (Å²) in [4.78, 5) is 2.34. The van der Waals surface area contributed by atoms with Crippen molar-refractivity contribution < 1.29 is 5.11 Å². The zero-order valence-electron chi connectivity index (χ0n) is 11.0. The van der Waals surface area contributed by atoms with Crippen LogP contribution in [0.5, 0.6) is 0 Å². The Labute approximate surface area is 118 Å². The Bertz CT molecular complexity index is 388. The fourth-order valence-electron chi connectivity index (χ4n) is 2.76. The second kappa shape index (κ2) is 6.58. The highest BCUT2D eigenvalue weighted by molar-refractivity contribution is 9.10. The molecule has 3 heteroatoms. The lowest BCUT2D eigenvalue weighted by Gasteiger charge is -2.28. The van der Waals surface area contributed by atoms with Crippen LogP contribution < -0.4 is 4.90 Å². The molecule has 0 aromatic heterocycles. The molecule has 100 valence electrons. The van der Waals surface area contributed by atoms with Gasteiger partial charge in [0.1, 0.15) is 0 Å². The maximum absolute atomic E-state index is 9.17. The van der Waals surface area contributed by atoms with E-state index in [1.807, 2.05) is 6.07 Å². The molecule has 1 N–H and O–H groups in total. The maximum Gasteiger partial charge on any atom is 0.0692 e. The van der Waals surface area contributed by atoms with E-state index in [4.69, 9.17) is 5.11 Å². The number of benzene rings is 1. The number of hydrogen-bond acceptors (Lipinski definition) is 2. The van der Waals surface area contributed by atoms with Gasteiger partial charge >= 0.3 is 0 Å². The number of nitrogens with zero attached hydrogens (tertiary/aromatic N) is 1. The van der Waals surface area contributed by atoms with E-state index in [-0.39, 0.29) is 6.61 Å². The predicted molar refractivity (Wildman–Crippen MR) is 79.9 cm³/mol. The highest BCUT2D eigenvalue weighted by atomic mass is 79.9. The topological polar surface area (TPSA) is 23.5 Å². The van der Waals surface area contributed by atoms with Crippen molar-refractivity contribution in [2.45, 2.75) is 38.7 Å². The largest absolute Gasteiger partial charge is 0.392 e. The average Bonchev–Trinajstić information content (AvgIpc) is 2.39. The first kappa shape index (κ1) is 13.9. The van der Waals surface area contributed by atoms with Gasteiger partial charge in [-0.2, -0.15) is 0 Å². The van der Waals surface area contributed by atoms with Gasteiger partial charge in [0.25, 0.3) is 0 Å². The summed E-state index contributed by atoms with van der Waals surface area (Å²) in [6, 6.07) is 6.20. The molecule has 0 heterocycles. The Hall–Kier alpha value is -0.540. The van der Waals surface area contributed by atoms with Crippen molar-refractivity contribution in [3.8, 4) is 0 Å². The predicted octanol–water partition coefficient (Wildman–Crippen LogP) is 3.96. The van der Waals surface area contributed by atoms with Gasteiger partial charge in [0.05, 0.1) is 6.61 Å². The normalized spacial score (nSPS) is 16.8. The summed E-state index contributed by atoms with van der Waals surface area (Å²) in [6.45, 7) is 1.23. The average molecular weight is 312 g/mol. The number of aliphatic hydroxyl groups is 1. The van der Waals surface area contributed by atoms with Crippen LogP contribution in [-0.4, -0.2) is 18.7 Å². The van der Waals surface area contributed by atoms with Crippen LogP contribution in [0.1, 0.15) is 37.7 Å². The summed E-state index contributed by atoms with van der Waals surface area (Å²) in [6.07, 6.45) is 6.95. The minimum atomic E-state index is 0.0905. The third kappa shape index (κ3) is 3.48. The van der Waals surface area contributed by atoms with E-state index in [0.717, 1.165) is 22.5 Å². The Kier molecular flexibility index (Phi) is 5.07. The molecular formula is C15H22BrNO. The molecule has 0 saturated heterocycles. The number of halogens is 1. The Morgan fingerprint density at radius 2 is 2.00 bits per heavy atom. The van der Waals surface area contributed by atoms with Crippen LogP contribution in [-0.2, 0) is 6.61 Å². The molecule has 0 atom stereocenters. The minimum Gasteiger partial charge on any atom is -0.392 e. The molecule has 0 amide bonds. The highest BCUT2D eigenvalue weighted by Gasteiger charge is 2.16. The van der Waals surface area contributed by atoms with Crippen LogP contribution in [0.15, 0.2) is 22.7 Å². The van der Waals surface area contributed by atoms with Crippen LogP contribution in [0.2, 0.25) is 0 Å². The summed E-state index contributed by atoms with van der Waals surface area (Å²) < 4.78 is 0.998. The second-order valence-electron chi connectivity index (χ2n) is 5.32. The zero-order valence-corrected chi connectivity index (χ0v) is 12.6. The first-order valence-corrected chi connectivity index (χ1v) is 7.60. The van der Waals surface area contributed by atoms with Crippen molar-refractivity contribution >= 4 is 21.6 Å². The summed E-state index contributed by atoms with van der Waals surface area (Å²) in [7, 11) is 2.16. The quantitative estimate of drug-likeness (QED) is 0.910. The molecule has 1 saturated carbocycles. The van der Waals surface area contributed by atoms with Gasteiger partial charge in [0, 0.05) is 23.8 Å². The fourth-order valence-corrected chi connectivity index (χ4v) is 3.26. The van der Waals surface area contributed by atoms with Gasteiger partial charge in [0.15, 0.2) is 0 Å². The van der Waals surface area contributed by atoms with Gasteiger partial charge in [0.2, 0.25) is 0 Å². The number of aliphatic hydroxyl groups excluding tert-OH is 1. The summed E-state index contributed by atoms with van der Waals surface area (Å²) in [5, 5.41) is 9.17. The van der Waals surface area contributed by atoms with E-state index < -0.39 is 0 Å². The van der Waals surface area contributed by atoms with Crippen molar-refractivity contribution in [1.29, 1.82) is 0 Å². The van der Waals surface area contributed by atoms with E-state index in [0.29, 0.717) is 0 Å². The molecule has 1 aliphatic rings. The van der Waals surface area contributed by atoms with Gasteiger partial charge < -0.3 is 10.0 Å². The van der Waals surface area contributed by atoms with Crippen LogP contribution >= 0.6 is 15.9 Å². The van der Waals surface area contributed by atoms with Crippen molar-refractivity contribution in [3.63, 3.8) is 0 Å². The first-order valence-electron chi connectivity index (χ1n) is 6.81. The van der Waals surface area contributed by atoms with Gasteiger partial charge in [-0.05, 0) is 36.5 Å². The number of rotatable bonds is 4. The summed E-state index contributed by atoms with van der Waals surface area (Å²) in [5.74, 6) is 0.847. The molecule has 0 aliphatic heterocycles. The molecule has 1 aromatic rings.